The number of ether oxygens (including phenoxy) is 5. The van der Waals surface area contributed by atoms with E-state index in [0.717, 1.165) is 22.5 Å². The number of methoxy groups -OCH3 is 3. The van der Waals surface area contributed by atoms with Crippen LogP contribution in [0.25, 0.3) is 0 Å². The zero-order valence-electron chi connectivity index (χ0n) is 16.2. The van der Waals surface area contributed by atoms with Crippen molar-refractivity contribution in [1.82, 2.24) is 0 Å². The molecular formula is C21H19NO6S. The van der Waals surface area contributed by atoms with Gasteiger partial charge in [0.05, 0.1) is 32.9 Å². The van der Waals surface area contributed by atoms with Crippen LogP contribution < -0.4 is 23.7 Å². The van der Waals surface area contributed by atoms with E-state index >= 15 is 0 Å². The second-order valence-corrected chi connectivity index (χ2v) is 7.87. The van der Waals surface area contributed by atoms with Crippen LogP contribution >= 0.6 is 11.8 Å². The molecule has 0 amide bonds. The summed E-state index contributed by atoms with van der Waals surface area (Å²) < 4.78 is 27.6. The third kappa shape index (κ3) is 2.73. The summed E-state index contributed by atoms with van der Waals surface area (Å²) in [4.78, 5) is 17.6. The van der Waals surface area contributed by atoms with Gasteiger partial charge in [0.25, 0.3) is 0 Å². The molecule has 1 fully saturated rings. The Kier molecular flexibility index (Phi) is 4.31. The van der Waals surface area contributed by atoms with E-state index in [1.165, 1.54) is 11.8 Å². The predicted molar refractivity (Wildman–Crippen MR) is 109 cm³/mol. The lowest BCUT2D eigenvalue weighted by atomic mass is 9.76. The molecule has 150 valence electrons. The molecular weight excluding hydrogens is 394 g/mol. The first kappa shape index (κ1) is 18.2. The highest BCUT2D eigenvalue weighted by Crippen LogP contribution is 2.52. The van der Waals surface area contributed by atoms with E-state index < -0.39 is 0 Å². The molecule has 2 aromatic rings. The molecule has 2 aromatic carbocycles. The molecule has 29 heavy (non-hydrogen) atoms. The molecule has 0 aromatic heterocycles. The third-order valence-electron chi connectivity index (χ3n) is 5.48. The molecule has 7 nitrogen and oxygen atoms in total. The van der Waals surface area contributed by atoms with E-state index in [1.54, 1.807) is 21.3 Å². The van der Waals surface area contributed by atoms with Gasteiger partial charge < -0.3 is 23.7 Å². The lowest BCUT2D eigenvalue weighted by molar-refractivity contribution is -0.112. The van der Waals surface area contributed by atoms with Gasteiger partial charge in [0, 0.05) is 23.4 Å². The van der Waals surface area contributed by atoms with Gasteiger partial charge >= 0.3 is 0 Å². The molecule has 0 radical (unpaired) electrons. The predicted octanol–water partition coefficient (Wildman–Crippen LogP) is 3.55. The fourth-order valence-corrected chi connectivity index (χ4v) is 5.16. The van der Waals surface area contributed by atoms with Gasteiger partial charge in [-0.25, -0.2) is 0 Å². The third-order valence-corrected chi connectivity index (χ3v) is 6.45. The summed E-state index contributed by atoms with van der Waals surface area (Å²) in [5.41, 5.74) is 3.50. The number of nitrogens with zero attached hydrogens (tertiary/aromatic N) is 1. The quantitative estimate of drug-likeness (QED) is 0.759. The first-order chi connectivity index (χ1) is 14.1. The van der Waals surface area contributed by atoms with Gasteiger partial charge in [-0.05, 0) is 29.3 Å². The summed E-state index contributed by atoms with van der Waals surface area (Å²) in [6.07, 6.45) is 0. The number of hydrogen-bond acceptors (Lipinski definition) is 8. The second kappa shape index (κ2) is 6.88. The normalized spacial score (nSPS) is 21.3. The van der Waals surface area contributed by atoms with Gasteiger partial charge in [0.15, 0.2) is 28.1 Å². The Labute approximate surface area is 172 Å². The first-order valence-electron chi connectivity index (χ1n) is 9.12. The molecule has 2 atom stereocenters. The number of aliphatic imine (C=N–C) groups is 1. The number of carbonyl (C=O) groups is 1. The van der Waals surface area contributed by atoms with Crippen LogP contribution in [0.15, 0.2) is 29.3 Å². The number of fused-ring (bicyclic) bond motifs is 3. The van der Waals surface area contributed by atoms with Gasteiger partial charge in [0.2, 0.25) is 12.5 Å². The molecule has 0 saturated carbocycles. The van der Waals surface area contributed by atoms with Crippen LogP contribution in [0.2, 0.25) is 0 Å². The van der Waals surface area contributed by atoms with Crippen molar-refractivity contribution in [3.05, 3.63) is 35.4 Å². The van der Waals surface area contributed by atoms with Crippen LogP contribution in [0.3, 0.4) is 0 Å². The largest absolute Gasteiger partial charge is 0.493 e. The summed E-state index contributed by atoms with van der Waals surface area (Å²) >= 11 is 1.31. The van der Waals surface area contributed by atoms with Gasteiger partial charge in [-0.15, -0.1) is 0 Å². The summed E-state index contributed by atoms with van der Waals surface area (Å²) in [5, 5.41) is 0.116. The maximum atomic E-state index is 12.8. The van der Waals surface area contributed by atoms with E-state index in [-0.39, 0.29) is 23.7 Å². The zero-order chi connectivity index (χ0) is 20.1. The standard InChI is InChI=1S/C21H19NO6S/c1-24-16-4-10(5-17(25-2)20(16)26-3)18-11-6-14-15(28-9-27-14)7-12(11)22-13-8-29-21(23)19(13)18/h4-7,18-19H,8-9H2,1-3H3. The Morgan fingerprint density at radius 3 is 2.31 bits per heavy atom. The van der Waals surface area contributed by atoms with Crippen molar-refractivity contribution >= 4 is 28.3 Å². The Morgan fingerprint density at radius 1 is 0.966 bits per heavy atom. The molecule has 5 rings (SSSR count). The van der Waals surface area contributed by atoms with E-state index in [0.29, 0.717) is 34.5 Å². The molecule has 1 saturated heterocycles. The summed E-state index contributed by atoms with van der Waals surface area (Å²) in [6.45, 7) is 0.182. The highest BCUT2D eigenvalue weighted by molar-refractivity contribution is 8.15. The average Bonchev–Trinajstić information content (AvgIpc) is 3.35. The van der Waals surface area contributed by atoms with Crippen molar-refractivity contribution in [3.8, 4) is 28.7 Å². The first-order valence-corrected chi connectivity index (χ1v) is 10.1. The minimum Gasteiger partial charge on any atom is -0.493 e. The van der Waals surface area contributed by atoms with Crippen molar-refractivity contribution in [2.45, 2.75) is 5.92 Å². The number of carbonyl (C=O) groups excluding carboxylic acids is 1. The number of thioether (sulfide) groups is 1. The Balaban J connectivity index is 1.73. The van der Waals surface area contributed by atoms with Gasteiger partial charge in [0.1, 0.15) is 0 Å². The maximum Gasteiger partial charge on any atom is 0.231 e. The van der Waals surface area contributed by atoms with E-state index in [2.05, 4.69) is 0 Å². The topological polar surface area (TPSA) is 75.6 Å². The Hall–Kier alpha value is -2.87. The van der Waals surface area contributed by atoms with Crippen LogP contribution in [0.4, 0.5) is 5.69 Å². The minimum atomic E-state index is -0.337. The zero-order valence-corrected chi connectivity index (χ0v) is 17.0. The van der Waals surface area contributed by atoms with Gasteiger partial charge in [-0.2, -0.15) is 0 Å². The van der Waals surface area contributed by atoms with Crippen molar-refractivity contribution in [1.29, 1.82) is 0 Å². The SMILES string of the molecule is COc1cc(C2c3cc4c(cc3N=C3CSC(=O)C32)OCO4)cc(OC)c1OC. The number of rotatable bonds is 4. The van der Waals surface area contributed by atoms with Crippen LogP contribution in [-0.4, -0.2) is 44.7 Å². The lowest BCUT2D eigenvalue weighted by Gasteiger charge is -2.29. The molecule has 0 N–H and O–H groups in total. The van der Waals surface area contributed by atoms with E-state index in [4.69, 9.17) is 28.7 Å². The number of benzene rings is 2. The van der Waals surface area contributed by atoms with Crippen LogP contribution in [0.5, 0.6) is 28.7 Å². The Morgan fingerprint density at radius 2 is 1.66 bits per heavy atom. The highest BCUT2D eigenvalue weighted by Gasteiger charge is 2.44. The van der Waals surface area contributed by atoms with Crippen LogP contribution in [0.1, 0.15) is 17.0 Å². The molecule has 0 spiro atoms. The Bertz CT molecular complexity index is 1020. The van der Waals surface area contributed by atoms with Crippen LogP contribution in [-0.2, 0) is 4.79 Å². The second-order valence-electron chi connectivity index (χ2n) is 6.89. The molecule has 2 unspecified atom stereocenters. The number of hydrogen-bond donors (Lipinski definition) is 0. The van der Waals surface area contributed by atoms with Crippen molar-refractivity contribution in [2.75, 3.05) is 33.9 Å². The monoisotopic (exact) mass is 413 g/mol. The molecule has 3 heterocycles. The van der Waals surface area contributed by atoms with E-state index in [1.807, 2.05) is 24.3 Å². The smallest absolute Gasteiger partial charge is 0.231 e. The fraction of sp³-hybridized carbons (Fsp3) is 0.333. The summed E-state index contributed by atoms with van der Waals surface area (Å²) in [5.74, 6) is 2.97. The average molecular weight is 413 g/mol. The van der Waals surface area contributed by atoms with Crippen molar-refractivity contribution in [3.63, 3.8) is 0 Å². The van der Waals surface area contributed by atoms with Crippen LogP contribution in [0, 0.1) is 5.92 Å². The van der Waals surface area contributed by atoms with Gasteiger partial charge in [-0.1, -0.05) is 11.8 Å². The molecule has 0 bridgehead atoms. The molecule has 3 aliphatic rings. The molecule has 0 aliphatic carbocycles. The minimum absolute atomic E-state index is 0.116. The van der Waals surface area contributed by atoms with Gasteiger partial charge in [-0.3, -0.25) is 9.79 Å². The van der Waals surface area contributed by atoms with Crippen molar-refractivity contribution in [2.24, 2.45) is 10.9 Å². The summed E-state index contributed by atoms with van der Waals surface area (Å²) in [6, 6.07) is 7.63. The van der Waals surface area contributed by atoms with Crippen molar-refractivity contribution < 1.29 is 28.5 Å². The summed E-state index contributed by atoms with van der Waals surface area (Å²) in [7, 11) is 4.73. The highest BCUT2D eigenvalue weighted by atomic mass is 32.2. The maximum absolute atomic E-state index is 12.8. The molecule has 3 aliphatic heterocycles. The fourth-order valence-electron chi connectivity index (χ4n) is 4.17. The lowest BCUT2D eigenvalue weighted by Crippen LogP contribution is -2.27. The van der Waals surface area contributed by atoms with E-state index in [9.17, 15) is 4.79 Å². The molecule has 8 heteroatoms.